The Bertz CT molecular complexity index is 660. The summed E-state index contributed by atoms with van der Waals surface area (Å²) in [4.78, 5) is 34.7. The molecule has 0 saturated heterocycles. The van der Waals surface area contributed by atoms with Crippen LogP contribution in [0.4, 0.5) is 13.6 Å². The van der Waals surface area contributed by atoms with Crippen molar-refractivity contribution < 1.29 is 27.9 Å². The summed E-state index contributed by atoms with van der Waals surface area (Å²) in [7, 11) is 0. The summed E-state index contributed by atoms with van der Waals surface area (Å²) in [5.74, 6) is -2.77. The van der Waals surface area contributed by atoms with Crippen LogP contribution in [0.1, 0.15) is 37.6 Å². The van der Waals surface area contributed by atoms with Crippen LogP contribution >= 0.6 is 0 Å². The Morgan fingerprint density at radius 2 is 1.65 bits per heavy atom. The molecule has 3 N–H and O–H groups in total. The Labute approximate surface area is 150 Å². The van der Waals surface area contributed by atoms with Crippen LogP contribution in [0.2, 0.25) is 0 Å². The Morgan fingerprint density at radius 1 is 1.00 bits per heavy atom. The number of halogens is 2. The van der Waals surface area contributed by atoms with Gasteiger partial charge in [-0.15, -0.1) is 0 Å². The van der Waals surface area contributed by atoms with Gasteiger partial charge in [0, 0.05) is 32.1 Å². The molecule has 144 valence electrons. The minimum Gasteiger partial charge on any atom is -0.444 e. The smallest absolute Gasteiger partial charge is 0.407 e. The van der Waals surface area contributed by atoms with E-state index >= 15 is 0 Å². The van der Waals surface area contributed by atoms with E-state index in [-0.39, 0.29) is 37.5 Å². The second-order valence-electron chi connectivity index (χ2n) is 6.41. The number of carbonyl (C=O) groups is 3. The molecule has 0 fully saturated rings. The van der Waals surface area contributed by atoms with Crippen molar-refractivity contribution in [2.45, 2.75) is 32.8 Å². The summed E-state index contributed by atoms with van der Waals surface area (Å²) in [5, 5.41) is 7.39. The second kappa shape index (κ2) is 9.69. The molecule has 1 rings (SSSR count). The summed E-state index contributed by atoms with van der Waals surface area (Å²) in [6, 6.07) is 2.65. The molecule has 0 aliphatic heterocycles. The topological polar surface area (TPSA) is 96.5 Å². The molecule has 1 aromatic carbocycles. The van der Waals surface area contributed by atoms with Crippen LogP contribution in [0.3, 0.4) is 0 Å². The molecule has 3 amide bonds. The maximum atomic E-state index is 13.4. The molecule has 0 aliphatic carbocycles. The van der Waals surface area contributed by atoms with Crippen molar-refractivity contribution in [2.24, 2.45) is 0 Å². The van der Waals surface area contributed by atoms with Crippen molar-refractivity contribution in [3.05, 3.63) is 35.4 Å². The zero-order valence-electron chi connectivity index (χ0n) is 14.9. The van der Waals surface area contributed by atoms with Gasteiger partial charge in [0.1, 0.15) is 17.2 Å². The molecule has 1 aromatic rings. The average molecular weight is 371 g/mol. The Balaban J connectivity index is 2.20. The predicted molar refractivity (Wildman–Crippen MR) is 90.6 cm³/mol. The summed E-state index contributed by atoms with van der Waals surface area (Å²) < 4.78 is 31.2. The third kappa shape index (κ3) is 8.41. The number of benzene rings is 1. The molecule has 0 heterocycles. The molecule has 0 saturated carbocycles. The monoisotopic (exact) mass is 371 g/mol. The number of carbonyl (C=O) groups excluding carboxylic acids is 3. The first-order chi connectivity index (χ1) is 12.1. The van der Waals surface area contributed by atoms with E-state index < -0.39 is 29.2 Å². The Morgan fingerprint density at radius 3 is 2.27 bits per heavy atom. The quantitative estimate of drug-likeness (QED) is 0.636. The maximum Gasteiger partial charge on any atom is 0.407 e. The van der Waals surface area contributed by atoms with Crippen molar-refractivity contribution in [2.75, 3.05) is 19.6 Å². The van der Waals surface area contributed by atoms with Gasteiger partial charge in [-0.25, -0.2) is 13.6 Å². The predicted octanol–water partition coefficient (Wildman–Crippen LogP) is 1.73. The lowest BCUT2D eigenvalue weighted by Crippen LogP contribution is -2.37. The van der Waals surface area contributed by atoms with Gasteiger partial charge in [0.05, 0.1) is 5.56 Å². The van der Waals surface area contributed by atoms with E-state index in [2.05, 4.69) is 16.0 Å². The van der Waals surface area contributed by atoms with Crippen molar-refractivity contribution in [3.8, 4) is 0 Å². The van der Waals surface area contributed by atoms with E-state index in [0.29, 0.717) is 6.07 Å². The van der Waals surface area contributed by atoms with E-state index in [4.69, 9.17) is 4.74 Å². The van der Waals surface area contributed by atoms with Gasteiger partial charge in [0.2, 0.25) is 5.91 Å². The molecule has 0 aromatic heterocycles. The van der Waals surface area contributed by atoms with Crippen molar-refractivity contribution >= 4 is 17.9 Å². The molecular weight excluding hydrogens is 348 g/mol. The van der Waals surface area contributed by atoms with Crippen LogP contribution in [-0.2, 0) is 9.53 Å². The van der Waals surface area contributed by atoms with Crippen LogP contribution < -0.4 is 16.0 Å². The fourth-order valence-electron chi connectivity index (χ4n) is 1.83. The van der Waals surface area contributed by atoms with E-state index in [9.17, 15) is 23.2 Å². The lowest BCUT2D eigenvalue weighted by atomic mass is 10.2. The van der Waals surface area contributed by atoms with Crippen LogP contribution in [-0.4, -0.2) is 43.1 Å². The van der Waals surface area contributed by atoms with Gasteiger partial charge in [0.15, 0.2) is 0 Å². The van der Waals surface area contributed by atoms with Crippen LogP contribution in [0.25, 0.3) is 0 Å². The number of hydrogen-bond acceptors (Lipinski definition) is 4. The van der Waals surface area contributed by atoms with Gasteiger partial charge < -0.3 is 20.7 Å². The van der Waals surface area contributed by atoms with E-state index in [1.165, 1.54) is 0 Å². The lowest BCUT2D eigenvalue weighted by Gasteiger charge is -2.19. The van der Waals surface area contributed by atoms with Crippen LogP contribution in [0.5, 0.6) is 0 Å². The highest BCUT2D eigenvalue weighted by atomic mass is 19.1. The van der Waals surface area contributed by atoms with E-state index in [1.807, 2.05) is 0 Å². The number of alkyl carbamates (subject to hydrolysis) is 1. The first-order valence-corrected chi connectivity index (χ1v) is 8.05. The third-order valence-electron chi connectivity index (χ3n) is 2.93. The SMILES string of the molecule is CC(C)(C)OC(=O)NCCC(=O)NCCNC(=O)c1ccc(F)cc1F. The number of nitrogens with one attached hydrogen (secondary N) is 3. The average Bonchev–Trinajstić information content (AvgIpc) is 2.49. The molecule has 0 bridgehead atoms. The minimum atomic E-state index is -0.959. The molecule has 0 spiro atoms. The highest BCUT2D eigenvalue weighted by molar-refractivity contribution is 5.94. The summed E-state index contributed by atoms with van der Waals surface area (Å²) in [6.07, 6.45) is -0.571. The highest BCUT2D eigenvalue weighted by Crippen LogP contribution is 2.09. The minimum absolute atomic E-state index is 0.0414. The number of ether oxygens (including phenoxy) is 1. The largest absolute Gasteiger partial charge is 0.444 e. The normalized spacial score (nSPS) is 10.8. The molecule has 9 heteroatoms. The van der Waals surface area contributed by atoms with Crippen molar-refractivity contribution in [1.29, 1.82) is 0 Å². The first kappa shape index (κ1) is 21.3. The zero-order valence-corrected chi connectivity index (χ0v) is 14.9. The molecule has 26 heavy (non-hydrogen) atoms. The van der Waals surface area contributed by atoms with Gasteiger partial charge >= 0.3 is 6.09 Å². The molecule has 0 aliphatic rings. The Kier molecular flexibility index (Phi) is 7.95. The van der Waals surface area contributed by atoms with Crippen molar-refractivity contribution in [1.82, 2.24) is 16.0 Å². The Hall–Kier alpha value is -2.71. The zero-order chi connectivity index (χ0) is 19.7. The maximum absolute atomic E-state index is 13.4. The van der Waals surface area contributed by atoms with E-state index in [0.717, 1.165) is 12.1 Å². The number of hydrogen-bond donors (Lipinski definition) is 3. The summed E-state index contributed by atoms with van der Waals surface area (Å²) in [5.41, 5.74) is -0.895. The first-order valence-electron chi connectivity index (χ1n) is 8.05. The van der Waals surface area contributed by atoms with Crippen LogP contribution in [0.15, 0.2) is 18.2 Å². The second-order valence-corrected chi connectivity index (χ2v) is 6.41. The number of amides is 3. The molecule has 7 nitrogen and oxygen atoms in total. The molecule has 0 unspecified atom stereocenters. The summed E-state index contributed by atoms with van der Waals surface area (Å²) in [6.45, 7) is 5.48. The molecule has 0 radical (unpaired) electrons. The van der Waals surface area contributed by atoms with Crippen LogP contribution in [0, 0.1) is 11.6 Å². The van der Waals surface area contributed by atoms with Gasteiger partial charge in [-0.05, 0) is 32.9 Å². The summed E-state index contributed by atoms with van der Waals surface area (Å²) >= 11 is 0. The lowest BCUT2D eigenvalue weighted by molar-refractivity contribution is -0.120. The van der Waals surface area contributed by atoms with Gasteiger partial charge in [-0.3, -0.25) is 9.59 Å². The molecule has 0 atom stereocenters. The van der Waals surface area contributed by atoms with Gasteiger partial charge in [-0.1, -0.05) is 0 Å². The van der Waals surface area contributed by atoms with Crippen molar-refractivity contribution in [3.63, 3.8) is 0 Å². The van der Waals surface area contributed by atoms with E-state index in [1.54, 1.807) is 20.8 Å². The highest BCUT2D eigenvalue weighted by Gasteiger charge is 2.16. The fourth-order valence-corrected chi connectivity index (χ4v) is 1.83. The standard InChI is InChI=1S/C17H23F2N3O4/c1-17(2,3)26-16(25)22-7-6-14(23)20-8-9-21-15(24)12-5-4-11(18)10-13(12)19/h4-5,10H,6-9H2,1-3H3,(H,20,23)(H,21,24)(H,22,25). The fraction of sp³-hybridized carbons (Fsp3) is 0.471. The van der Waals surface area contributed by atoms with Gasteiger partial charge in [0.25, 0.3) is 5.91 Å². The van der Waals surface area contributed by atoms with Gasteiger partial charge in [-0.2, -0.15) is 0 Å². The third-order valence-corrected chi connectivity index (χ3v) is 2.93. The number of rotatable bonds is 7. The molecular formula is C17H23F2N3O4.